The molecule has 1 aromatic carbocycles. The molecule has 1 aliphatic heterocycles. The molecule has 26 heavy (non-hydrogen) atoms. The highest BCUT2D eigenvalue weighted by Gasteiger charge is 2.25. The van der Waals surface area contributed by atoms with Crippen molar-refractivity contribution in [2.24, 2.45) is 0 Å². The normalized spacial score (nSPS) is 16.3. The molecule has 8 heteroatoms. The molecule has 1 atom stereocenters. The monoisotopic (exact) mass is 378 g/mol. The van der Waals surface area contributed by atoms with E-state index in [9.17, 15) is 4.79 Å². The number of amides is 1. The second-order valence-electron chi connectivity index (χ2n) is 6.05. The first-order valence-electron chi connectivity index (χ1n) is 8.70. The van der Waals surface area contributed by atoms with Gasteiger partial charge in [-0.15, -0.1) is 0 Å². The van der Waals surface area contributed by atoms with Gasteiger partial charge in [-0.1, -0.05) is 11.6 Å². The van der Waals surface area contributed by atoms with Crippen LogP contribution in [0.15, 0.2) is 30.5 Å². The first kappa shape index (κ1) is 18.5. The molecule has 0 saturated carbocycles. The van der Waals surface area contributed by atoms with Crippen LogP contribution in [0, 0.1) is 0 Å². The van der Waals surface area contributed by atoms with E-state index < -0.39 is 0 Å². The number of hydrogen-bond donors (Lipinski definition) is 1. The Hall–Kier alpha value is -2.25. The number of rotatable bonds is 5. The number of aromatic nitrogens is 2. The van der Waals surface area contributed by atoms with Gasteiger partial charge >= 0.3 is 6.09 Å². The highest BCUT2D eigenvalue weighted by atomic mass is 35.5. The maximum Gasteiger partial charge on any atom is 0.409 e. The first-order valence-corrected chi connectivity index (χ1v) is 9.08. The Morgan fingerprint density at radius 1 is 1.31 bits per heavy atom. The molecule has 7 nitrogen and oxygen atoms in total. The minimum Gasteiger partial charge on any atom is -0.474 e. The van der Waals surface area contributed by atoms with Gasteiger partial charge < -0.3 is 14.4 Å². The van der Waals surface area contributed by atoms with Crippen molar-refractivity contribution in [2.45, 2.75) is 20.1 Å². The average molecular weight is 379 g/mol. The zero-order chi connectivity index (χ0) is 18.5. The fraction of sp³-hybridized carbons (Fsp3) is 0.444. The van der Waals surface area contributed by atoms with Crippen LogP contribution in [0.1, 0.15) is 13.8 Å². The lowest BCUT2D eigenvalue weighted by molar-refractivity contribution is 0.00248. The molecule has 1 unspecified atom stereocenters. The maximum absolute atomic E-state index is 11.8. The maximum atomic E-state index is 11.8. The largest absolute Gasteiger partial charge is 0.474 e. The van der Waals surface area contributed by atoms with Gasteiger partial charge in [0.25, 0.3) is 0 Å². The molecule has 1 aromatic heterocycles. The molecule has 2 heterocycles. The number of H-pyrrole nitrogens is 1. The third kappa shape index (κ3) is 4.28. The first-order chi connectivity index (χ1) is 12.6. The summed E-state index contributed by atoms with van der Waals surface area (Å²) in [5.74, 6) is 0.634. The number of piperazine rings is 1. The lowest BCUT2D eigenvalue weighted by Gasteiger charge is -2.37. The third-order valence-corrected chi connectivity index (χ3v) is 4.69. The number of nitrogens with zero attached hydrogens (tertiary/aromatic N) is 3. The van der Waals surface area contributed by atoms with E-state index in [0.29, 0.717) is 30.5 Å². The van der Waals surface area contributed by atoms with Crippen molar-refractivity contribution in [1.82, 2.24) is 20.0 Å². The van der Waals surface area contributed by atoms with Crippen molar-refractivity contribution in [3.05, 3.63) is 35.5 Å². The SMILES string of the molecule is CCOC(=O)N1CCN(C(C)Oc2ccc(-c3ccn[nH]3)cc2Cl)CC1. The molecule has 1 N–H and O–H groups in total. The summed E-state index contributed by atoms with van der Waals surface area (Å²) in [5, 5.41) is 7.41. The number of carbonyl (C=O) groups is 1. The number of aromatic amines is 1. The molecule has 1 amide bonds. The van der Waals surface area contributed by atoms with E-state index in [2.05, 4.69) is 15.1 Å². The van der Waals surface area contributed by atoms with Gasteiger partial charge in [-0.2, -0.15) is 5.10 Å². The van der Waals surface area contributed by atoms with Gasteiger partial charge in [0.2, 0.25) is 0 Å². The molecule has 1 fully saturated rings. The standard InChI is InChI=1S/C18H23ClN4O3/c1-3-25-18(24)23-10-8-22(9-11-23)13(2)26-17-5-4-14(12-15(17)19)16-6-7-20-21-16/h4-7,12-13H,3,8-11H2,1-2H3,(H,20,21). The van der Waals surface area contributed by atoms with Crippen molar-refractivity contribution in [3.63, 3.8) is 0 Å². The highest BCUT2D eigenvalue weighted by molar-refractivity contribution is 6.32. The van der Waals surface area contributed by atoms with Crippen LogP contribution in [0.3, 0.4) is 0 Å². The van der Waals surface area contributed by atoms with Crippen molar-refractivity contribution in [2.75, 3.05) is 32.8 Å². The van der Waals surface area contributed by atoms with Gasteiger partial charge in [-0.3, -0.25) is 10.00 Å². The number of benzene rings is 1. The molecule has 0 radical (unpaired) electrons. The van der Waals surface area contributed by atoms with Gasteiger partial charge in [0.05, 0.1) is 17.3 Å². The van der Waals surface area contributed by atoms with Crippen molar-refractivity contribution < 1.29 is 14.3 Å². The minimum atomic E-state index is -0.252. The minimum absolute atomic E-state index is 0.144. The van der Waals surface area contributed by atoms with Gasteiger partial charge in [0.15, 0.2) is 0 Å². The Labute approximate surface area is 157 Å². The number of ether oxygens (including phenoxy) is 2. The van der Waals surface area contributed by atoms with Crippen LogP contribution in [-0.4, -0.2) is 65.1 Å². The van der Waals surface area contributed by atoms with Crippen LogP contribution in [0.4, 0.5) is 4.79 Å². The van der Waals surface area contributed by atoms with E-state index in [1.165, 1.54) is 0 Å². The number of carbonyl (C=O) groups excluding carboxylic acids is 1. The Balaban J connectivity index is 1.57. The summed E-state index contributed by atoms with van der Waals surface area (Å²) in [6.07, 6.45) is 1.30. The smallest absolute Gasteiger partial charge is 0.409 e. The van der Waals surface area contributed by atoms with Crippen molar-refractivity contribution in [1.29, 1.82) is 0 Å². The van der Waals surface area contributed by atoms with E-state index in [0.717, 1.165) is 24.3 Å². The number of hydrogen-bond acceptors (Lipinski definition) is 5. The van der Waals surface area contributed by atoms with E-state index >= 15 is 0 Å². The van der Waals surface area contributed by atoms with E-state index in [4.69, 9.17) is 21.1 Å². The Bertz CT molecular complexity index is 730. The number of halogens is 1. The molecule has 1 saturated heterocycles. The molecule has 3 rings (SSSR count). The van der Waals surface area contributed by atoms with Crippen molar-refractivity contribution in [3.8, 4) is 17.0 Å². The zero-order valence-corrected chi connectivity index (χ0v) is 15.7. The summed E-state index contributed by atoms with van der Waals surface area (Å²) in [6.45, 7) is 6.89. The quantitative estimate of drug-likeness (QED) is 0.864. The van der Waals surface area contributed by atoms with Crippen LogP contribution in [-0.2, 0) is 4.74 Å². The highest BCUT2D eigenvalue weighted by Crippen LogP contribution is 2.30. The van der Waals surface area contributed by atoms with Crippen LogP contribution in [0.25, 0.3) is 11.3 Å². The lowest BCUT2D eigenvalue weighted by Crippen LogP contribution is -2.52. The molecular formula is C18H23ClN4O3. The second-order valence-corrected chi connectivity index (χ2v) is 6.46. The summed E-state index contributed by atoms with van der Waals surface area (Å²) in [5.41, 5.74) is 1.86. The summed E-state index contributed by atoms with van der Waals surface area (Å²) in [6, 6.07) is 7.55. The third-order valence-electron chi connectivity index (χ3n) is 4.40. The number of nitrogens with one attached hydrogen (secondary N) is 1. The van der Waals surface area contributed by atoms with E-state index in [1.54, 1.807) is 11.1 Å². The Morgan fingerprint density at radius 2 is 2.08 bits per heavy atom. The predicted molar refractivity (Wildman–Crippen MR) is 99.3 cm³/mol. The van der Waals surface area contributed by atoms with Gasteiger partial charge in [0.1, 0.15) is 12.0 Å². The second kappa shape index (κ2) is 8.42. The fourth-order valence-corrected chi connectivity index (χ4v) is 3.15. The summed E-state index contributed by atoms with van der Waals surface area (Å²) < 4.78 is 11.1. The zero-order valence-electron chi connectivity index (χ0n) is 14.9. The molecule has 2 aromatic rings. The van der Waals surface area contributed by atoms with E-state index in [-0.39, 0.29) is 12.3 Å². The van der Waals surface area contributed by atoms with Gasteiger partial charge in [-0.05, 0) is 38.1 Å². The molecule has 1 aliphatic rings. The Kier molecular flexibility index (Phi) is 6.00. The molecule has 0 aliphatic carbocycles. The Morgan fingerprint density at radius 3 is 2.69 bits per heavy atom. The van der Waals surface area contributed by atoms with Crippen molar-refractivity contribution >= 4 is 17.7 Å². The summed E-state index contributed by atoms with van der Waals surface area (Å²) >= 11 is 6.38. The topological polar surface area (TPSA) is 70.7 Å². The van der Waals surface area contributed by atoms with Gasteiger partial charge in [0, 0.05) is 37.9 Å². The van der Waals surface area contributed by atoms with Crippen LogP contribution in [0.2, 0.25) is 5.02 Å². The van der Waals surface area contributed by atoms with Crippen LogP contribution < -0.4 is 4.74 Å². The van der Waals surface area contributed by atoms with E-state index in [1.807, 2.05) is 38.1 Å². The predicted octanol–water partition coefficient (Wildman–Crippen LogP) is 3.23. The fourth-order valence-electron chi connectivity index (χ4n) is 2.92. The summed E-state index contributed by atoms with van der Waals surface area (Å²) in [4.78, 5) is 15.7. The molecule has 140 valence electrons. The molecule has 0 spiro atoms. The molecular weight excluding hydrogens is 356 g/mol. The van der Waals surface area contributed by atoms with Crippen LogP contribution >= 0.6 is 11.6 Å². The van der Waals surface area contributed by atoms with Gasteiger partial charge in [-0.25, -0.2) is 4.79 Å². The van der Waals surface area contributed by atoms with Crippen LogP contribution in [0.5, 0.6) is 5.75 Å². The molecule has 0 bridgehead atoms. The summed E-state index contributed by atoms with van der Waals surface area (Å²) in [7, 11) is 0. The average Bonchev–Trinajstić information content (AvgIpc) is 3.18. The lowest BCUT2D eigenvalue weighted by atomic mass is 10.1.